The van der Waals surface area contributed by atoms with Crippen LogP contribution in [0.2, 0.25) is 0 Å². The Morgan fingerprint density at radius 3 is 1.27 bits per heavy atom. The van der Waals surface area contributed by atoms with Gasteiger partial charge < -0.3 is 34.6 Å². The Hall–Kier alpha value is -5.84. The smallest absolute Gasteiger partial charge is 0.263 e. The van der Waals surface area contributed by atoms with E-state index in [1.165, 1.54) is 73.9 Å². The van der Waals surface area contributed by atoms with Gasteiger partial charge in [-0.3, -0.25) is 0 Å². The summed E-state index contributed by atoms with van der Waals surface area (Å²) < 4.78 is 7.18. The molecule has 0 fully saturated rings. The number of para-hydroxylation sites is 6. The second-order valence-electron chi connectivity index (χ2n) is 15.2. The van der Waals surface area contributed by atoms with Gasteiger partial charge in [-0.1, -0.05) is 149 Å². The fraction of sp³-hybridized carbons (Fsp3) is 0.0370. The molecule has 314 valence electrons. The highest BCUT2D eigenvalue weighted by Gasteiger charge is 2.29. The Balaban J connectivity index is 0.00000259. The van der Waals surface area contributed by atoms with Gasteiger partial charge in [-0.05, 0) is 90.0 Å². The van der Waals surface area contributed by atoms with Crippen molar-refractivity contribution >= 4 is 113 Å². The standard InChI is InChI=1S/C54H40N4S4.2ClH/c1-55-47-28-13-15-30-49(47)61-51(55)32-37-34-53(57(39-18-5-3-6-19-39)45-26-11-9-24-43(37)45)59-41-22-17-23-42(36-41)60-54-35-38(33-52-56(2)48-29-14-16-31-50(48)62-52)44-25-10-12-27-46(44)58(54)40-20-7-4-8-21-40;;/h3-36H,1-2H3;2*1H/q+2;;/p-2. The lowest BCUT2D eigenvalue weighted by atomic mass is 9.99. The number of halogens is 2. The summed E-state index contributed by atoms with van der Waals surface area (Å²) in [5, 5.41) is 4.71. The van der Waals surface area contributed by atoms with Gasteiger partial charge in [0.25, 0.3) is 10.0 Å². The Kier molecular flexibility index (Phi) is 12.7. The summed E-state index contributed by atoms with van der Waals surface area (Å²) in [5.74, 6) is 0. The first-order valence-corrected chi connectivity index (χ1v) is 23.8. The van der Waals surface area contributed by atoms with Crippen LogP contribution in [0.3, 0.4) is 0 Å². The van der Waals surface area contributed by atoms with Crippen LogP contribution >= 0.6 is 46.2 Å². The van der Waals surface area contributed by atoms with Crippen molar-refractivity contribution in [3.05, 3.63) is 225 Å². The van der Waals surface area contributed by atoms with Gasteiger partial charge in [-0.25, -0.2) is 0 Å². The van der Waals surface area contributed by atoms with Crippen molar-refractivity contribution in [2.24, 2.45) is 14.1 Å². The van der Waals surface area contributed by atoms with Crippen molar-refractivity contribution in [2.75, 3.05) is 9.80 Å². The summed E-state index contributed by atoms with van der Waals surface area (Å²) in [6.45, 7) is 0. The number of rotatable bonds is 8. The van der Waals surface area contributed by atoms with Crippen LogP contribution in [0.25, 0.3) is 43.7 Å². The average molecular weight is 944 g/mol. The molecule has 0 radical (unpaired) electrons. The number of hydrogen-bond donors (Lipinski definition) is 0. The van der Waals surface area contributed by atoms with E-state index in [0.29, 0.717) is 0 Å². The normalized spacial score (nSPS) is 14.5. The van der Waals surface area contributed by atoms with Crippen molar-refractivity contribution in [1.29, 1.82) is 0 Å². The minimum Gasteiger partial charge on any atom is -1.00 e. The number of fused-ring (bicyclic) bond motifs is 4. The Bertz CT molecular complexity index is 3080. The lowest BCUT2D eigenvalue weighted by Gasteiger charge is -2.33. The molecule has 4 heterocycles. The second kappa shape index (κ2) is 18.7. The number of hydrogen-bond acceptors (Lipinski definition) is 6. The highest BCUT2D eigenvalue weighted by Crippen LogP contribution is 2.49. The van der Waals surface area contributed by atoms with Crippen LogP contribution in [0.1, 0.15) is 21.1 Å². The number of nitrogens with zero attached hydrogens (tertiary/aromatic N) is 4. The summed E-state index contributed by atoms with van der Waals surface area (Å²) in [7, 11) is 4.34. The number of anilines is 4. The maximum Gasteiger partial charge on any atom is 0.263 e. The zero-order chi connectivity index (χ0) is 41.6. The molecule has 0 saturated carbocycles. The Labute approximate surface area is 402 Å². The summed E-state index contributed by atoms with van der Waals surface area (Å²) in [6.07, 6.45) is 9.45. The van der Waals surface area contributed by atoms with Crippen molar-refractivity contribution < 1.29 is 33.9 Å². The van der Waals surface area contributed by atoms with Gasteiger partial charge in [-0.15, -0.1) is 0 Å². The first kappa shape index (κ1) is 43.4. The molecule has 11 rings (SSSR count). The van der Waals surface area contributed by atoms with E-state index in [1.807, 2.05) is 22.7 Å². The maximum atomic E-state index is 2.41. The molecule has 0 saturated heterocycles. The number of thioether (sulfide) groups is 2. The molecule has 0 N–H and O–H groups in total. The Morgan fingerprint density at radius 1 is 0.438 bits per heavy atom. The predicted octanol–water partition coefficient (Wildman–Crippen LogP) is 8.43. The van der Waals surface area contributed by atoms with Crippen LogP contribution < -0.4 is 43.7 Å². The largest absolute Gasteiger partial charge is 1.00 e. The topological polar surface area (TPSA) is 14.2 Å². The highest BCUT2D eigenvalue weighted by atomic mass is 35.5. The lowest BCUT2D eigenvalue weighted by molar-refractivity contribution is -0.642. The van der Waals surface area contributed by atoms with Gasteiger partial charge in [-0.2, -0.15) is 9.13 Å². The van der Waals surface area contributed by atoms with Crippen LogP contribution in [0, 0.1) is 0 Å². The van der Waals surface area contributed by atoms with Gasteiger partial charge in [0.1, 0.15) is 23.5 Å². The quantitative estimate of drug-likeness (QED) is 0.142. The highest BCUT2D eigenvalue weighted by molar-refractivity contribution is 8.04. The van der Waals surface area contributed by atoms with Gasteiger partial charge in [0.15, 0.2) is 0 Å². The van der Waals surface area contributed by atoms with E-state index in [1.54, 1.807) is 23.5 Å². The van der Waals surface area contributed by atoms with Gasteiger partial charge in [0.05, 0.1) is 21.4 Å². The molecule has 4 nitrogen and oxygen atoms in total. The third-order valence-electron chi connectivity index (χ3n) is 11.3. The molecule has 10 heteroatoms. The fourth-order valence-corrected chi connectivity index (χ4v) is 12.7. The first-order valence-electron chi connectivity index (χ1n) is 20.5. The van der Waals surface area contributed by atoms with Crippen LogP contribution in [-0.2, 0) is 14.1 Å². The number of thiazole rings is 2. The molecular weight excluding hydrogens is 904 g/mol. The molecule has 2 aliphatic rings. The van der Waals surface area contributed by atoms with Crippen molar-refractivity contribution in [3.63, 3.8) is 0 Å². The zero-order valence-corrected chi connectivity index (χ0v) is 39.6. The summed E-state index contributed by atoms with van der Waals surface area (Å²) in [5.41, 5.74) is 11.9. The van der Waals surface area contributed by atoms with E-state index in [-0.39, 0.29) is 24.8 Å². The minimum absolute atomic E-state index is 0. The van der Waals surface area contributed by atoms with E-state index in [9.17, 15) is 0 Å². The molecular formula is C54H40Cl2N4S4. The van der Waals surface area contributed by atoms with Gasteiger partial charge >= 0.3 is 0 Å². The van der Waals surface area contributed by atoms with E-state index < -0.39 is 0 Å². The molecule has 0 atom stereocenters. The van der Waals surface area contributed by atoms with Crippen LogP contribution in [-0.4, -0.2) is 0 Å². The molecule has 2 aromatic heterocycles. The molecule has 0 aliphatic carbocycles. The third-order valence-corrected chi connectivity index (χ3v) is 15.6. The number of aryl methyl sites for hydroxylation is 2. The molecule has 0 spiro atoms. The van der Waals surface area contributed by atoms with Crippen LogP contribution in [0.5, 0.6) is 0 Å². The number of allylic oxidation sites excluding steroid dienone is 4. The minimum atomic E-state index is 0. The Morgan fingerprint density at radius 2 is 0.828 bits per heavy atom. The molecule has 64 heavy (non-hydrogen) atoms. The van der Waals surface area contributed by atoms with Crippen LogP contribution in [0.4, 0.5) is 22.7 Å². The van der Waals surface area contributed by atoms with E-state index in [2.05, 4.69) is 239 Å². The second-order valence-corrected chi connectivity index (χ2v) is 19.5. The number of aromatic nitrogens is 2. The average Bonchev–Trinajstić information content (AvgIpc) is 3.81. The summed E-state index contributed by atoms with van der Waals surface area (Å²) in [4.78, 5) is 7.16. The third kappa shape index (κ3) is 8.22. The lowest BCUT2D eigenvalue weighted by Crippen LogP contribution is -3.00. The molecule has 0 bridgehead atoms. The van der Waals surface area contributed by atoms with Gasteiger partial charge in [0.2, 0.25) is 11.0 Å². The monoisotopic (exact) mass is 942 g/mol. The maximum absolute atomic E-state index is 2.41. The fourth-order valence-electron chi connectivity index (χ4n) is 8.29. The first-order chi connectivity index (χ1) is 30.6. The predicted molar refractivity (Wildman–Crippen MR) is 266 cm³/mol. The van der Waals surface area contributed by atoms with Crippen molar-refractivity contribution in [3.8, 4) is 0 Å². The molecule has 2 aliphatic heterocycles. The molecule has 0 amide bonds. The van der Waals surface area contributed by atoms with Gasteiger partial charge in [0, 0.05) is 56.6 Å². The van der Waals surface area contributed by atoms with Crippen LogP contribution in [0.15, 0.2) is 214 Å². The summed E-state index contributed by atoms with van der Waals surface area (Å²) in [6, 6.07) is 65.4. The summed E-state index contributed by atoms with van der Waals surface area (Å²) >= 11 is 7.27. The number of benzene rings is 7. The SMILES string of the molecule is C[n+]1c(/C=C2\C=C(Sc3cccc(SC4=C/C(=C\c5sc6ccccc6[n+]5C)c5ccccc5N4c4ccccc4)c3)N(c3ccccc3)c3ccccc32)sc2ccccc21.[Cl-].[Cl-]. The van der Waals surface area contributed by atoms with E-state index >= 15 is 0 Å². The van der Waals surface area contributed by atoms with E-state index in [4.69, 9.17) is 0 Å². The van der Waals surface area contributed by atoms with Crippen molar-refractivity contribution in [2.45, 2.75) is 9.79 Å². The molecule has 7 aromatic carbocycles. The zero-order valence-electron chi connectivity index (χ0n) is 34.8. The van der Waals surface area contributed by atoms with E-state index in [0.717, 1.165) is 21.4 Å². The molecule has 0 unspecified atom stereocenters. The van der Waals surface area contributed by atoms with Crippen molar-refractivity contribution in [1.82, 2.24) is 0 Å². The molecule has 9 aromatic rings.